The number of hydrogen-bond acceptors (Lipinski definition) is 5. The second-order valence-electron chi connectivity index (χ2n) is 3.61. The predicted molar refractivity (Wildman–Crippen MR) is 62.0 cm³/mol. The number of aryl methyl sites for hydroxylation is 1. The second-order valence-corrected chi connectivity index (χ2v) is 3.61. The van der Waals surface area contributed by atoms with Gasteiger partial charge in [-0.25, -0.2) is 0 Å². The van der Waals surface area contributed by atoms with Gasteiger partial charge in [0.2, 0.25) is 5.75 Å². The molecule has 1 heterocycles. The molecule has 0 amide bonds. The maximum atomic E-state index is 10.8. The number of carbonyl (C=O) groups is 1. The van der Waals surface area contributed by atoms with E-state index in [9.17, 15) is 14.9 Å². The molecule has 0 bridgehead atoms. The maximum absolute atomic E-state index is 10.8. The molecule has 0 aliphatic heterocycles. The average Bonchev–Trinajstić information content (AvgIpc) is 2.76. The van der Waals surface area contributed by atoms with Gasteiger partial charge >= 0.3 is 5.69 Å². The molecule has 0 N–H and O–H groups in total. The molecule has 0 aliphatic carbocycles. The lowest BCUT2D eigenvalue weighted by Crippen LogP contribution is -1.93. The second kappa shape index (κ2) is 4.70. The number of aldehydes is 1. The van der Waals surface area contributed by atoms with Gasteiger partial charge in [0.15, 0.2) is 12.0 Å². The van der Waals surface area contributed by atoms with Gasteiger partial charge < -0.3 is 9.15 Å². The van der Waals surface area contributed by atoms with Gasteiger partial charge in [0.05, 0.1) is 4.92 Å². The Morgan fingerprint density at radius 3 is 2.72 bits per heavy atom. The summed E-state index contributed by atoms with van der Waals surface area (Å²) in [5, 5.41) is 10.8. The Bertz CT molecular complexity index is 602. The van der Waals surface area contributed by atoms with Crippen molar-refractivity contribution in [1.29, 1.82) is 0 Å². The van der Waals surface area contributed by atoms with E-state index in [-0.39, 0.29) is 23.1 Å². The van der Waals surface area contributed by atoms with Crippen LogP contribution in [0.5, 0.6) is 11.7 Å². The van der Waals surface area contributed by atoms with Gasteiger partial charge in [-0.3, -0.25) is 14.9 Å². The molecule has 0 saturated heterocycles. The third kappa shape index (κ3) is 2.37. The molecule has 0 saturated carbocycles. The molecule has 18 heavy (non-hydrogen) atoms. The molecule has 6 heteroatoms. The highest BCUT2D eigenvalue weighted by Gasteiger charge is 2.17. The van der Waals surface area contributed by atoms with Crippen LogP contribution in [-0.4, -0.2) is 11.2 Å². The number of furan rings is 1. The highest BCUT2D eigenvalue weighted by Crippen LogP contribution is 2.32. The molecule has 2 aromatic rings. The summed E-state index contributed by atoms with van der Waals surface area (Å²) in [6.45, 7) is 1.79. The summed E-state index contributed by atoms with van der Waals surface area (Å²) in [6, 6.07) is 7.35. The Morgan fingerprint density at radius 1 is 1.33 bits per heavy atom. The Morgan fingerprint density at radius 2 is 2.11 bits per heavy atom. The van der Waals surface area contributed by atoms with Gasteiger partial charge in [0.25, 0.3) is 5.95 Å². The third-order valence-corrected chi connectivity index (χ3v) is 2.24. The molecule has 0 atom stereocenters. The lowest BCUT2D eigenvalue weighted by Gasteiger charge is -2.03. The van der Waals surface area contributed by atoms with E-state index < -0.39 is 4.92 Å². The fraction of sp³-hybridized carbons (Fsp3) is 0.0833. The van der Waals surface area contributed by atoms with Crippen molar-refractivity contribution in [1.82, 2.24) is 0 Å². The lowest BCUT2D eigenvalue weighted by molar-refractivity contribution is -0.385. The van der Waals surface area contributed by atoms with E-state index in [1.807, 2.05) is 0 Å². The van der Waals surface area contributed by atoms with Crippen LogP contribution in [0.1, 0.15) is 16.1 Å². The minimum atomic E-state index is -0.543. The summed E-state index contributed by atoms with van der Waals surface area (Å²) < 4.78 is 10.3. The summed E-state index contributed by atoms with van der Waals surface area (Å²) in [5.74, 6) is 0.206. The molecule has 0 aliphatic rings. The van der Waals surface area contributed by atoms with Crippen LogP contribution in [0.15, 0.2) is 34.7 Å². The Balaban J connectivity index is 2.35. The topological polar surface area (TPSA) is 82.6 Å². The van der Waals surface area contributed by atoms with Crippen molar-refractivity contribution in [3.8, 4) is 11.7 Å². The van der Waals surface area contributed by atoms with Crippen molar-refractivity contribution >= 4 is 12.0 Å². The van der Waals surface area contributed by atoms with Gasteiger partial charge in [-0.1, -0.05) is 6.07 Å². The van der Waals surface area contributed by atoms with E-state index in [2.05, 4.69) is 0 Å². The Hall–Kier alpha value is -2.63. The van der Waals surface area contributed by atoms with Gasteiger partial charge in [-0.15, -0.1) is 0 Å². The molecule has 2 rings (SSSR count). The number of rotatable bonds is 4. The molecular formula is C12H9NO5. The first-order valence-corrected chi connectivity index (χ1v) is 5.08. The number of nitro benzene ring substituents is 1. The van der Waals surface area contributed by atoms with Gasteiger partial charge in [-0.2, -0.15) is 0 Å². The van der Waals surface area contributed by atoms with Crippen LogP contribution in [0.4, 0.5) is 5.69 Å². The minimum Gasteiger partial charge on any atom is -0.422 e. The number of benzene rings is 1. The van der Waals surface area contributed by atoms with E-state index in [1.165, 1.54) is 24.3 Å². The number of carbonyl (C=O) groups excluding carboxylic acids is 1. The first-order chi connectivity index (χ1) is 8.60. The molecule has 0 fully saturated rings. The zero-order chi connectivity index (χ0) is 13.1. The molecule has 6 nitrogen and oxygen atoms in total. The van der Waals surface area contributed by atoms with Gasteiger partial charge in [-0.05, 0) is 24.6 Å². The predicted octanol–water partition coefficient (Wildman–Crippen LogP) is 3.10. The van der Waals surface area contributed by atoms with Crippen molar-refractivity contribution in [3.63, 3.8) is 0 Å². The van der Waals surface area contributed by atoms with Crippen LogP contribution in [0.3, 0.4) is 0 Å². The quantitative estimate of drug-likeness (QED) is 0.471. The molecule has 0 spiro atoms. The van der Waals surface area contributed by atoms with E-state index in [4.69, 9.17) is 9.15 Å². The largest absolute Gasteiger partial charge is 0.422 e. The van der Waals surface area contributed by atoms with Crippen LogP contribution < -0.4 is 4.74 Å². The Kier molecular flexibility index (Phi) is 3.09. The van der Waals surface area contributed by atoms with Crippen molar-refractivity contribution < 1.29 is 18.9 Å². The van der Waals surface area contributed by atoms with Gasteiger partial charge in [0.1, 0.15) is 0 Å². The minimum absolute atomic E-state index is 0.0331. The third-order valence-electron chi connectivity index (χ3n) is 2.24. The fourth-order valence-corrected chi connectivity index (χ4v) is 1.41. The SMILES string of the molecule is Cc1ccc([N+](=O)[O-])c(Oc2ccc(C=O)o2)c1. The Labute approximate surface area is 102 Å². The van der Waals surface area contributed by atoms with Crippen LogP contribution in [-0.2, 0) is 0 Å². The van der Waals surface area contributed by atoms with E-state index in [0.29, 0.717) is 6.29 Å². The zero-order valence-electron chi connectivity index (χ0n) is 9.45. The fourth-order valence-electron chi connectivity index (χ4n) is 1.41. The molecular weight excluding hydrogens is 238 g/mol. The lowest BCUT2D eigenvalue weighted by atomic mass is 10.2. The van der Waals surface area contributed by atoms with Crippen LogP contribution >= 0.6 is 0 Å². The summed E-state index contributed by atoms with van der Waals surface area (Å²) in [4.78, 5) is 20.7. The maximum Gasteiger partial charge on any atom is 0.311 e. The zero-order valence-corrected chi connectivity index (χ0v) is 9.45. The van der Waals surface area contributed by atoms with E-state index in [0.717, 1.165) is 5.56 Å². The summed E-state index contributed by atoms with van der Waals surface area (Å²) in [6.07, 6.45) is 0.525. The first kappa shape index (κ1) is 11.8. The number of nitro groups is 1. The summed E-state index contributed by atoms with van der Waals surface area (Å²) in [5.41, 5.74) is 0.655. The summed E-state index contributed by atoms with van der Waals surface area (Å²) >= 11 is 0. The molecule has 92 valence electrons. The number of ether oxygens (including phenoxy) is 1. The standard InChI is InChI=1S/C12H9NO5/c1-8-2-4-10(13(15)16)11(6-8)18-12-5-3-9(7-14)17-12/h2-7H,1H3. The summed E-state index contributed by atoms with van der Waals surface area (Å²) in [7, 11) is 0. The van der Waals surface area contributed by atoms with Crippen molar-refractivity contribution in [3.05, 3.63) is 51.8 Å². The van der Waals surface area contributed by atoms with Crippen molar-refractivity contribution in [2.75, 3.05) is 0 Å². The highest BCUT2D eigenvalue weighted by molar-refractivity contribution is 5.70. The van der Waals surface area contributed by atoms with E-state index in [1.54, 1.807) is 13.0 Å². The number of nitrogens with zero attached hydrogens (tertiary/aromatic N) is 1. The van der Waals surface area contributed by atoms with Crippen molar-refractivity contribution in [2.45, 2.75) is 6.92 Å². The van der Waals surface area contributed by atoms with Crippen molar-refractivity contribution in [2.24, 2.45) is 0 Å². The van der Waals surface area contributed by atoms with E-state index >= 15 is 0 Å². The first-order valence-electron chi connectivity index (χ1n) is 5.08. The molecule has 1 aromatic carbocycles. The normalized spacial score (nSPS) is 10.1. The highest BCUT2D eigenvalue weighted by atomic mass is 16.6. The molecule has 0 unspecified atom stereocenters. The molecule has 1 aromatic heterocycles. The average molecular weight is 247 g/mol. The number of hydrogen-bond donors (Lipinski definition) is 0. The molecule has 0 radical (unpaired) electrons. The van der Waals surface area contributed by atoms with Crippen LogP contribution in [0, 0.1) is 17.0 Å². The van der Waals surface area contributed by atoms with Gasteiger partial charge in [0, 0.05) is 12.1 Å². The van der Waals surface area contributed by atoms with Crippen LogP contribution in [0.25, 0.3) is 0 Å². The van der Waals surface area contributed by atoms with Crippen LogP contribution in [0.2, 0.25) is 0 Å². The smallest absolute Gasteiger partial charge is 0.311 e. The monoisotopic (exact) mass is 247 g/mol.